The van der Waals surface area contributed by atoms with Crippen LogP contribution in [0.4, 0.5) is 21.4 Å². The first-order valence-corrected chi connectivity index (χ1v) is 44.1. The fourth-order valence-electron chi connectivity index (χ4n) is 20.0. The summed E-state index contributed by atoms with van der Waals surface area (Å²) in [5.74, 6) is 1.31. The van der Waals surface area contributed by atoms with Gasteiger partial charge < -0.3 is 58.6 Å². The van der Waals surface area contributed by atoms with Crippen molar-refractivity contribution >= 4 is 36.2 Å². The second-order valence-electron chi connectivity index (χ2n) is 33.8. The van der Waals surface area contributed by atoms with Gasteiger partial charge >= 0.3 is 0 Å². The summed E-state index contributed by atoms with van der Waals surface area (Å²) in [5, 5.41) is 3.48. The van der Waals surface area contributed by atoms with E-state index in [-0.39, 0.29) is 84.0 Å². The van der Waals surface area contributed by atoms with Crippen molar-refractivity contribution in [1.82, 2.24) is 39.6 Å². The van der Waals surface area contributed by atoms with Crippen molar-refractivity contribution in [1.29, 1.82) is 0 Å². The number of hydrogen-bond donors (Lipinski definition) is 1. The Morgan fingerprint density at radius 2 is 0.576 bits per heavy atom. The molecule has 22 heteroatoms. The Hall–Kier alpha value is -9.32. The number of benzene rings is 8. The van der Waals surface area contributed by atoms with Gasteiger partial charge in [-0.3, -0.25) is 0 Å². The van der Waals surface area contributed by atoms with E-state index in [1.165, 1.54) is 122 Å². The van der Waals surface area contributed by atoms with Crippen molar-refractivity contribution in [3.8, 4) is 0 Å². The third-order valence-corrected chi connectivity index (χ3v) is 25.9. The smallest absolute Gasteiger partial charge is 0.288 e. The van der Waals surface area contributed by atoms with Crippen LogP contribution in [-0.4, -0.2) is 215 Å². The fraction of sp³-hybridized carbons (Fsp3) is 0.458. The summed E-state index contributed by atoms with van der Waals surface area (Å²) < 4.78 is 90.2. The Balaban J connectivity index is 0.000000116. The first-order valence-electron chi connectivity index (χ1n) is 42.9. The highest BCUT2D eigenvalue weighted by molar-refractivity contribution is 7.93. The van der Waals surface area contributed by atoms with Crippen LogP contribution in [0.15, 0.2) is 214 Å². The molecular formula is C96H113F5N12O4S. The molecule has 0 aliphatic carbocycles. The fourth-order valence-corrected chi connectivity index (χ4v) is 20.0. The molecule has 8 aromatic carbocycles. The number of hydrogen-bond acceptors (Lipinski definition) is 17. The van der Waals surface area contributed by atoms with Crippen molar-refractivity contribution in [2.24, 2.45) is 43.6 Å². The number of aliphatic imine (C=N–C) groups is 4. The number of amidine groups is 4. The van der Waals surface area contributed by atoms with Crippen LogP contribution >= 0.6 is 12.1 Å². The Morgan fingerprint density at radius 1 is 0.331 bits per heavy atom. The number of ether oxygens (including phenoxy) is 4. The van der Waals surface area contributed by atoms with E-state index in [2.05, 4.69) is 158 Å². The Kier molecular flexibility index (Phi) is 27.1. The van der Waals surface area contributed by atoms with Crippen molar-refractivity contribution < 1.29 is 40.4 Å². The number of fused-ring (bicyclic) bond motifs is 4. The molecule has 8 aromatic rings. The zero-order valence-electron chi connectivity index (χ0n) is 68.6. The van der Waals surface area contributed by atoms with Crippen molar-refractivity contribution in [2.45, 2.75) is 126 Å². The zero-order valence-corrected chi connectivity index (χ0v) is 69.4. The van der Waals surface area contributed by atoms with Gasteiger partial charge in [-0.2, -0.15) is 3.89 Å². The summed E-state index contributed by atoms with van der Waals surface area (Å²) in [6, 6.07) is 64.7. The summed E-state index contributed by atoms with van der Waals surface area (Å²) in [5.41, 5.74) is 14.7. The maximum Gasteiger partial charge on any atom is 0.288 e. The number of likely N-dealkylation sites (tertiary alicyclic amines) is 3. The van der Waals surface area contributed by atoms with Crippen LogP contribution in [0.1, 0.15) is 142 Å². The normalized spacial score (nSPS) is 26.7. The minimum atomic E-state index is -0.210. The van der Waals surface area contributed by atoms with E-state index in [1.54, 1.807) is 48.5 Å². The number of nitrogens with one attached hydrogen (secondary N) is 1. The average Bonchev–Trinajstić information content (AvgIpc) is 1.19. The monoisotopic (exact) mass is 1620 g/mol. The standard InChI is InChI=1S/3C24H28FN3O.C23H26FN3O.CH3FS/c3*1-27-13-4-6-19(16-27)22-15-26-24(29-22)28-14-12-17-5-2-3-7-21(17)23(28)18-8-10-20(25)11-9-18;24-19-9-7-17(8-10-19)22-20-6-2-1-4-16(20)11-13-27(22)23-26-15-21(28-23)18-5-3-12-25-14-18;1-3-2/h3*2-3,5,7-11,19,22-23H,4,6,12-16H2,1H3;1-2,4,6-10,18,21-22,25H,3,5,11-15H2;1H3/t19-,22+,23+;19-,22-,23+;19-,22-,23-;18?,21?,22-;/m1100./s1. The van der Waals surface area contributed by atoms with Crippen LogP contribution in [0.5, 0.6) is 0 Å². The summed E-state index contributed by atoms with van der Waals surface area (Å²) in [6.45, 7) is 15.2. The van der Waals surface area contributed by atoms with Gasteiger partial charge in [-0.1, -0.05) is 146 Å². The second kappa shape index (κ2) is 38.8. The quantitative estimate of drug-likeness (QED) is 0.145. The van der Waals surface area contributed by atoms with E-state index < -0.39 is 0 Å². The molecule has 0 radical (unpaired) electrons. The van der Waals surface area contributed by atoms with Crippen molar-refractivity contribution in [2.75, 3.05) is 132 Å². The summed E-state index contributed by atoms with van der Waals surface area (Å²) in [7, 11) is 6.57. The van der Waals surface area contributed by atoms with Gasteiger partial charge in [-0.25, -0.2) is 37.5 Å². The maximum absolute atomic E-state index is 13.6. The van der Waals surface area contributed by atoms with Crippen LogP contribution in [0.3, 0.4) is 0 Å². The van der Waals surface area contributed by atoms with E-state index in [1.807, 2.05) is 48.5 Å². The predicted molar refractivity (Wildman–Crippen MR) is 460 cm³/mol. The van der Waals surface area contributed by atoms with Crippen molar-refractivity contribution in [3.63, 3.8) is 0 Å². The molecule has 12 atom stereocenters. The van der Waals surface area contributed by atoms with E-state index in [4.69, 9.17) is 38.9 Å². The first kappa shape index (κ1) is 82.4. The average molecular weight is 1630 g/mol. The number of piperidine rings is 4. The molecule has 0 saturated carbocycles. The van der Waals surface area contributed by atoms with Gasteiger partial charge in [-0.15, -0.1) is 0 Å². The Bertz CT molecular complexity index is 4410. The molecule has 622 valence electrons. The molecule has 20 rings (SSSR count). The van der Waals surface area contributed by atoms with Crippen LogP contribution < -0.4 is 5.32 Å². The van der Waals surface area contributed by atoms with Gasteiger partial charge in [0.05, 0.1) is 50.3 Å². The van der Waals surface area contributed by atoms with Crippen LogP contribution in [0.2, 0.25) is 0 Å². The first-order chi connectivity index (χ1) is 57.8. The molecule has 0 amide bonds. The molecule has 0 bridgehead atoms. The van der Waals surface area contributed by atoms with Gasteiger partial charge in [0.15, 0.2) is 0 Å². The molecule has 1 N–H and O–H groups in total. The lowest BCUT2D eigenvalue weighted by Crippen LogP contribution is -2.43. The lowest BCUT2D eigenvalue weighted by Gasteiger charge is -2.39. The lowest BCUT2D eigenvalue weighted by atomic mass is 9.88. The Morgan fingerprint density at radius 3 is 0.822 bits per heavy atom. The third kappa shape index (κ3) is 19.3. The maximum atomic E-state index is 13.6. The molecule has 12 aliphatic rings. The minimum Gasteiger partial charge on any atom is -0.460 e. The molecular weight excluding hydrogens is 1510 g/mol. The van der Waals surface area contributed by atoms with Gasteiger partial charge in [0.2, 0.25) is 0 Å². The summed E-state index contributed by atoms with van der Waals surface area (Å²) in [6.07, 6.45) is 15.6. The van der Waals surface area contributed by atoms with Crippen molar-refractivity contribution in [3.05, 3.63) is 284 Å². The number of halogens is 5. The molecule has 2 unspecified atom stereocenters. The van der Waals surface area contributed by atoms with E-state index in [9.17, 15) is 21.4 Å². The summed E-state index contributed by atoms with van der Waals surface area (Å²) >= 11 is 0.250. The highest BCUT2D eigenvalue weighted by atomic mass is 32.2. The number of rotatable bonds is 8. The van der Waals surface area contributed by atoms with Crippen LogP contribution in [-0.2, 0) is 44.6 Å². The zero-order chi connectivity index (χ0) is 81.0. The van der Waals surface area contributed by atoms with E-state index >= 15 is 0 Å². The SMILES string of the molecule is CN1CCC[C@@H]([C@@H]2CN=C(N3CCc4ccccc4[C@@H]3c3ccc(F)cc3)O2)C1.CN1CCC[C@@H]([C@H]2CN=C(N3CCc4ccccc4[C@@H]3c3ccc(F)cc3)O2)C1.CN1CCC[C@H]([C@@H]2CN=C(N3CCc4ccccc4[C@@H]3c3ccc(F)cc3)O2)C1.CSF.Fc1ccc([C@H]2c3ccccc3CCN2C2=NCC(C3CCCNC3)O2)cc1. The van der Waals surface area contributed by atoms with Gasteiger partial charge in [0.1, 0.15) is 47.7 Å². The molecule has 12 aliphatic heterocycles. The highest BCUT2D eigenvalue weighted by Gasteiger charge is 2.44. The molecule has 118 heavy (non-hydrogen) atoms. The predicted octanol–water partition coefficient (Wildman–Crippen LogP) is 16.4. The minimum absolute atomic E-state index is 0.00656. The van der Waals surface area contributed by atoms with Gasteiger partial charge in [0, 0.05) is 94.4 Å². The highest BCUT2D eigenvalue weighted by Crippen LogP contribution is 2.43. The van der Waals surface area contributed by atoms with E-state index in [0.717, 1.165) is 157 Å². The molecule has 16 nitrogen and oxygen atoms in total. The largest absolute Gasteiger partial charge is 0.460 e. The number of nitrogens with zero attached hydrogens (tertiary/aromatic N) is 11. The molecule has 0 aromatic heterocycles. The summed E-state index contributed by atoms with van der Waals surface area (Å²) in [4.78, 5) is 35.6. The molecule has 12 heterocycles. The second-order valence-corrected chi connectivity index (χ2v) is 34.1. The topological polar surface area (TPSA) is 121 Å². The Labute approximate surface area is 697 Å². The molecule has 0 spiro atoms. The van der Waals surface area contributed by atoms with E-state index in [0.29, 0.717) is 23.7 Å². The molecule has 4 fully saturated rings. The third-order valence-electron chi connectivity index (χ3n) is 25.9. The van der Waals surface area contributed by atoms with Crippen LogP contribution in [0, 0.1) is 46.9 Å². The van der Waals surface area contributed by atoms with Crippen LogP contribution in [0.25, 0.3) is 0 Å². The van der Waals surface area contributed by atoms with Gasteiger partial charge in [0.25, 0.3) is 24.1 Å². The molecule has 4 saturated heterocycles. The lowest BCUT2D eigenvalue weighted by molar-refractivity contribution is 0.0732. The van der Waals surface area contributed by atoms with Gasteiger partial charge in [-0.05, 0) is 240 Å².